The fraction of sp³-hybridized carbons (Fsp3) is 0.148. The van der Waals surface area contributed by atoms with Gasteiger partial charge in [-0.2, -0.15) is 5.10 Å². The minimum atomic E-state index is -0.145. The molecule has 3 aromatic carbocycles. The summed E-state index contributed by atoms with van der Waals surface area (Å²) < 4.78 is 7.49. The first kappa shape index (κ1) is 20.7. The Morgan fingerprint density at radius 1 is 1.00 bits per heavy atom. The van der Waals surface area contributed by atoms with Crippen LogP contribution in [0.1, 0.15) is 12.5 Å². The topological polar surface area (TPSA) is 69.0 Å². The van der Waals surface area contributed by atoms with Gasteiger partial charge in [-0.1, -0.05) is 48.0 Å². The summed E-state index contributed by atoms with van der Waals surface area (Å²) in [7, 11) is 0. The van der Waals surface area contributed by atoms with Crippen molar-refractivity contribution in [1.29, 1.82) is 0 Å². The van der Waals surface area contributed by atoms with E-state index >= 15 is 0 Å². The zero-order valence-corrected chi connectivity index (χ0v) is 18.6. The van der Waals surface area contributed by atoms with Gasteiger partial charge in [0.2, 0.25) is 5.91 Å². The predicted octanol–water partition coefficient (Wildman–Crippen LogP) is 5.60. The van der Waals surface area contributed by atoms with Gasteiger partial charge in [-0.3, -0.25) is 14.5 Å². The van der Waals surface area contributed by atoms with Crippen LogP contribution in [0.2, 0.25) is 0 Å². The summed E-state index contributed by atoms with van der Waals surface area (Å²) in [5.74, 6) is 0.617. The Hall–Kier alpha value is -4.19. The van der Waals surface area contributed by atoms with Crippen molar-refractivity contribution in [2.75, 3.05) is 11.9 Å². The van der Waals surface area contributed by atoms with Gasteiger partial charge in [-0.05, 0) is 44.2 Å². The number of fused-ring (bicyclic) bond motifs is 3. The van der Waals surface area contributed by atoms with Crippen molar-refractivity contribution in [3.8, 4) is 17.0 Å². The van der Waals surface area contributed by atoms with E-state index in [0.717, 1.165) is 50.1 Å². The lowest BCUT2D eigenvalue weighted by atomic mass is 10.1. The monoisotopic (exact) mass is 436 g/mol. The van der Waals surface area contributed by atoms with Gasteiger partial charge in [0.25, 0.3) is 0 Å². The minimum Gasteiger partial charge on any atom is -0.494 e. The van der Waals surface area contributed by atoms with Crippen LogP contribution in [0.3, 0.4) is 0 Å². The van der Waals surface area contributed by atoms with Gasteiger partial charge in [-0.25, -0.2) is 0 Å². The number of ether oxygens (including phenoxy) is 1. The minimum absolute atomic E-state index is 0.0786. The van der Waals surface area contributed by atoms with Crippen LogP contribution in [0.4, 0.5) is 5.69 Å². The summed E-state index contributed by atoms with van der Waals surface area (Å²) in [6, 6.07) is 23.5. The Balaban J connectivity index is 1.63. The number of benzene rings is 3. The van der Waals surface area contributed by atoms with Gasteiger partial charge >= 0.3 is 0 Å². The molecule has 2 heterocycles. The average molecular weight is 437 g/mol. The summed E-state index contributed by atoms with van der Waals surface area (Å²) in [6.45, 7) is 4.62. The highest BCUT2D eigenvalue weighted by molar-refractivity contribution is 6.09. The second-order valence-electron chi connectivity index (χ2n) is 7.92. The number of carbonyl (C=O) groups is 1. The van der Waals surface area contributed by atoms with E-state index in [2.05, 4.69) is 10.3 Å². The van der Waals surface area contributed by atoms with Crippen LogP contribution in [-0.4, -0.2) is 27.3 Å². The molecule has 164 valence electrons. The van der Waals surface area contributed by atoms with Gasteiger partial charge in [-0.15, -0.1) is 0 Å². The molecular formula is C27H24N4O2. The molecule has 0 aliphatic carbocycles. The smallest absolute Gasteiger partial charge is 0.246 e. The number of pyridine rings is 1. The number of carbonyl (C=O) groups excluding carboxylic acids is 1. The number of rotatable bonds is 6. The van der Waals surface area contributed by atoms with Crippen LogP contribution < -0.4 is 10.1 Å². The summed E-state index contributed by atoms with van der Waals surface area (Å²) >= 11 is 0. The lowest BCUT2D eigenvalue weighted by Crippen LogP contribution is -2.19. The van der Waals surface area contributed by atoms with Crippen LogP contribution in [0.25, 0.3) is 33.1 Å². The highest BCUT2D eigenvalue weighted by Crippen LogP contribution is 2.33. The summed E-state index contributed by atoms with van der Waals surface area (Å²) in [5.41, 5.74) is 5.36. The first-order chi connectivity index (χ1) is 16.1. The van der Waals surface area contributed by atoms with Crippen LogP contribution >= 0.6 is 0 Å². The molecule has 0 bridgehead atoms. The van der Waals surface area contributed by atoms with Crippen molar-refractivity contribution in [1.82, 2.24) is 14.8 Å². The van der Waals surface area contributed by atoms with Crippen molar-refractivity contribution in [3.05, 3.63) is 84.6 Å². The molecule has 0 aliphatic heterocycles. The number of nitrogens with zero attached hydrogens (tertiary/aromatic N) is 3. The molecule has 6 heteroatoms. The molecule has 0 saturated heterocycles. The maximum Gasteiger partial charge on any atom is 0.246 e. The Bertz CT molecular complexity index is 1440. The molecule has 5 aromatic rings. The quantitative estimate of drug-likeness (QED) is 0.376. The maximum absolute atomic E-state index is 12.9. The number of aryl methyl sites for hydroxylation is 1. The number of nitrogens with one attached hydrogen (secondary N) is 1. The first-order valence-electron chi connectivity index (χ1n) is 11.0. The molecule has 0 fully saturated rings. The molecule has 6 nitrogen and oxygen atoms in total. The molecule has 2 aromatic heterocycles. The molecule has 0 saturated carbocycles. The van der Waals surface area contributed by atoms with Gasteiger partial charge in [0, 0.05) is 28.2 Å². The van der Waals surface area contributed by atoms with Crippen LogP contribution in [0, 0.1) is 6.92 Å². The van der Waals surface area contributed by atoms with Crippen molar-refractivity contribution in [3.63, 3.8) is 0 Å². The van der Waals surface area contributed by atoms with Crippen LogP contribution in [-0.2, 0) is 11.3 Å². The molecule has 1 amide bonds. The Kier molecular flexibility index (Phi) is 5.48. The van der Waals surface area contributed by atoms with Crippen molar-refractivity contribution in [2.45, 2.75) is 20.4 Å². The summed E-state index contributed by atoms with van der Waals surface area (Å²) in [5, 5.41) is 9.62. The molecule has 0 spiro atoms. The highest BCUT2D eigenvalue weighted by Gasteiger charge is 2.18. The molecule has 5 rings (SSSR count). The van der Waals surface area contributed by atoms with E-state index in [0.29, 0.717) is 6.61 Å². The summed E-state index contributed by atoms with van der Waals surface area (Å²) in [6.07, 6.45) is 1.84. The normalized spacial score (nSPS) is 11.1. The number of hydrogen-bond donors (Lipinski definition) is 1. The third-order valence-corrected chi connectivity index (χ3v) is 5.53. The number of aromatic nitrogens is 3. The number of anilines is 1. The lowest BCUT2D eigenvalue weighted by Gasteiger charge is -2.09. The second kappa shape index (κ2) is 8.74. The molecule has 0 aliphatic rings. The van der Waals surface area contributed by atoms with Crippen molar-refractivity contribution in [2.24, 2.45) is 0 Å². The van der Waals surface area contributed by atoms with E-state index in [-0.39, 0.29) is 12.5 Å². The van der Waals surface area contributed by atoms with E-state index in [1.54, 1.807) is 4.68 Å². The summed E-state index contributed by atoms with van der Waals surface area (Å²) in [4.78, 5) is 17.6. The fourth-order valence-electron chi connectivity index (χ4n) is 3.99. The average Bonchev–Trinajstić information content (AvgIpc) is 3.20. The molecule has 33 heavy (non-hydrogen) atoms. The third kappa shape index (κ3) is 4.15. The molecule has 1 N–H and O–H groups in total. The van der Waals surface area contributed by atoms with E-state index in [1.807, 2.05) is 92.8 Å². The van der Waals surface area contributed by atoms with E-state index in [1.165, 1.54) is 0 Å². The largest absolute Gasteiger partial charge is 0.494 e. The van der Waals surface area contributed by atoms with Gasteiger partial charge in [0.15, 0.2) is 0 Å². The predicted molar refractivity (Wildman–Crippen MR) is 131 cm³/mol. The Morgan fingerprint density at radius 3 is 2.55 bits per heavy atom. The lowest BCUT2D eigenvalue weighted by molar-refractivity contribution is -0.116. The number of hydrogen-bond acceptors (Lipinski definition) is 4. The van der Waals surface area contributed by atoms with Crippen LogP contribution in [0.15, 0.2) is 79.0 Å². The molecule has 0 unspecified atom stereocenters. The zero-order chi connectivity index (χ0) is 22.8. The third-order valence-electron chi connectivity index (χ3n) is 5.53. The molecule has 0 atom stereocenters. The van der Waals surface area contributed by atoms with Gasteiger partial charge in [0.1, 0.15) is 18.0 Å². The first-order valence-corrected chi connectivity index (χ1v) is 11.0. The maximum atomic E-state index is 12.9. The standard InChI is InChI=1S/C27H24N4O2/c1-3-33-21-13-14-24-22(15-21)27-23(16-28-24)26(19-7-5-4-6-8-19)30-31(27)17-25(32)29-20-11-9-18(2)10-12-20/h4-16H,3,17H2,1-2H3,(H,29,32). The van der Waals surface area contributed by atoms with Crippen LogP contribution in [0.5, 0.6) is 5.75 Å². The fourth-order valence-corrected chi connectivity index (χ4v) is 3.99. The van der Waals surface area contributed by atoms with Crippen molar-refractivity contribution < 1.29 is 9.53 Å². The zero-order valence-electron chi connectivity index (χ0n) is 18.6. The number of amides is 1. The Labute approximate surface area is 191 Å². The molecule has 0 radical (unpaired) electrons. The highest BCUT2D eigenvalue weighted by atomic mass is 16.5. The van der Waals surface area contributed by atoms with E-state index in [9.17, 15) is 4.79 Å². The van der Waals surface area contributed by atoms with E-state index < -0.39 is 0 Å². The SMILES string of the molecule is CCOc1ccc2ncc3c(-c4ccccc4)nn(CC(=O)Nc4ccc(C)cc4)c3c2c1. The van der Waals surface area contributed by atoms with E-state index in [4.69, 9.17) is 9.84 Å². The van der Waals surface area contributed by atoms with Gasteiger partial charge in [0.05, 0.1) is 17.6 Å². The van der Waals surface area contributed by atoms with Crippen molar-refractivity contribution >= 4 is 33.4 Å². The molecular weight excluding hydrogens is 412 g/mol. The second-order valence-corrected chi connectivity index (χ2v) is 7.92. The Morgan fingerprint density at radius 2 is 1.79 bits per heavy atom. The van der Waals surface area contributed by atoms with Gasteiger partial charge < -0.3 is 10.1 Å².